The molecule has 2 rings (SSSR count). The van der Waals surface area contributed by atoms with Crippen LogP contribution in [0.5, 0.6) is 0 Å². The molecule has 0 saturated heterocycles. The molecule has 6 heteroatoms. The molecule has 0 heterocycles. The number of hydrazine groups is 1. The zero-order valence-electron chi connectivity index (χ0n) is 11.0. The van der Waals surface area contributed by atoms with Crippen molar-refractivity contribution < 1.29 is 4.39 Å². The first kappa shape index (κ1) is 16.5. The monoisotopic (exact) mass is 346 g/mol. The molecule has 1 unspecified atom stereocenters. The molecule has 1 atom stereocenters. The van der Waals surface area contributed by atoms with E-state index >= 15 is 0 Å². The predicted molar refractivity (Wildman–Crippen MR) is 86.4 cm³/mol. The normalized spacial score (nSPS) is 12.4. The summed E-state index contributed by atoms with van der Waals surface area (Å²) in [6, 6.07) is 9.69. The van der Waals surface area contributed by atoms with Gasteiger partial charge in [-0.15, -0.1) is 0 Å². The highest BCUT2D eigenvalue weighted by Gasteiger charge is 2.14. The van der Waals surface area contributed by atoms with Crippen molar-refractivity contribution in [3.8, 4) is 0 Å². The van der Waals surface area contributed by atoms with Crippen LogP contribution < -0.4 is 11.3 Å². The fourth-order valence-corrected chi connectivity index (χ4v) is 2.76. The van der Waals surface area contributed by atoms with Gasteiger partial charge in [-0.25, -0.2) is 4.39 Å². The number of nitrogens with two attached hydrogens (primary N) is 1. The van der Waals surface area contributed by atoms with E-state index in [1.165, 1.54) is 12.1 Å². The summed E-state index contributed by atoms with van der Waals surface area (Å²) in [6.07, 6.45) is 1.14. The summed E-state index contributed by atoms with van der Waals surface area (Å²) in [4.78, 5) is 0. The maximum Gasteiger partial charge on any atom is 0.124 e. The Kier molecular flexibility index (Phi) is 5.85. The minimum absolute atomic E-state index is 0.0936. The SMILES string of the molecule is NNC(Cc1ccc(F)cc1Cl)Cc1cccc(Cl)c1Cl. The van der Waals surface area contributed by atoms with Gasteiger partial charge < -0.3 is 0 Å². The van der Waals surface area contributed by atoms with E-state index in [1.54, 1.807) is 12.1 Å². The molecule has 0 aliphatic carbocycles. The molecule has 2 aromatic carbocycles. The van der Waals surface area contributed by atoms with Gasteiger partial charge in [-0.2, -0.15) is 0 Å². The molecule has 0 saturated carbocycles. The molecule has 112 valence electrons. The molecule has 0 spiro atoms. The van der Waals surface area contributed by atoms with Gasteiger partial charge in [0.25, 0.3) is 0 Å². The van der Waals surface area contributed by atoms with E-state index in [4.69, 9.17) is 40.6 Å². The highest BCUT2D eigenvalue weighted by molar-refractivity contribution is 6.42. The average Bonchev–Trinajstić information content (AvgIpc) is 2.45. The lowest BCUT2D eigenvalue weighted by molar-refractivity contribution is 0.522. The van der Waals surface area contributed by atoms with Crippen LogP contribution in [0.15, 0.2) is 36.4 Å². The van der Waals surface area contributed by atoms with Crippen molar-refractivity contribution in [2.45, 2.75) is 18.9 Å². The van der Waals surface area contributed by atoms with E-state index in [0.29, 0.717) is 27.9 Å². The van der Waals surface area contributed by atoms with Crippen molar-refractivity contribution in [1.29, 1.82) is 0 Å². The Morgan fingerprint density at radius 2 is 1.71 bits per heavy atom. The summed E-state index contributed by atoms with van der Waals surface area (Å²) >= 11 is 18.2. The van der Waals surface area contributed by atoms with E-state index < -0.39 is 0 Å². The molecule has 0 aliphatic heterocycles. The minimum atomic E-state index is -0.362. The number of rotatable bonds is 5. The van der Waals surface area contributed by atoms with E-state index in [-0.39, 0.29) is 11.9 Å². The van der Waals surface area contributed by atoms with Crippen LogP contribution >= 0.6 is 34.8 Å². The number of hydrogen-bond acceptors (Lipinski definition) is 2. The Labute approximate surface area is 138 Å². The first-order valence-electron chi connectivity index (χ1n) is 6.34. The second-order valence-electron chi connectivity index (χ2n) is 4.72. The standard InChI is InChI=1S/C15H14Cl3FN2/c16-13-3-1-2-10(15(13)18)7-12(21-20)6-9-4-5-11(19)8-14(9)17/h1-5,8,12,21H,6-7,20H2. The lowest BCUT2D eigenvalue weighted by Gasteiger charge is -2.18. The molecule has 0 bridgehead atoms. The molecule has 0 aromatic heterocycles. The summed E-state index contributed by atoms with van der Waals surface area (Å²) in [5.74, 6) is 5.23. The van der Waals surface area contributed by atoms with Gasteiger partial charge in [0.1, 0.15) is 5.82 Å². The lowest BCUT2D eigenvalue weighted by atomic mass is 9.99. The molecular weight excluding hydrogens is 334 g/mol. The maximum absolute atomic E-state index is 13.1. The number of nitrogens with one attached hydrogen (secondary N) is 1. The van der Waals surface area contributed by atoms with E-state index in [9.17, 15) is 4.39 Å². The van der Waals surface area contributed by atoms with Gasteiger partial charge in [0.2, 0.25) is 0 Å². The first-order valence-corrected chi connectivity index (χ1v) is 7.47. The van der Waals surface area contributed by atoms with E-state index in [2.05, 4.69) is 5.43 Å². The fourth-order valence-electron chi connectivity index (χ4n) is 2.11. The Balaban J connectivity index is 2.15. The molecular formula is C15H14Cl3FN2. The average molecular weight is 348 g/mol. The molecule has 3 N–H and O–H groups in total. The van der Waals surface area contributed by atoms with Gasteiger partial charge in [0, 0.05) is 11.1 Å². The number of benzene rings is 2. The fraction of sp³-hybridized carbons (Fsp3) is 0.200. The van der Waals surface area contributed by atoms with Crippen LogP contribution in [-0.2, 0) is 12.8 Å². The summed E-state index contributed by atoms with van der Waals surface area (Å²) in [5, 5.41) is 1.40. The van der Waals surface area contributed by atoms with Gasteiger partial charge in [-0.05, 0) is 42.2 Å². The molecule has 2 aromatic rings. The van der Waals surface area contributed by atoms with Gasteiger partial charge >= 0.3 is 0 Å². The molecule has 0 amide bonds. The summed E-state index contributed by atoms with van der Waals surface area (Å²) < 4.78 is 13.1. The Bertz CT molecular complexity index is 634. The van der Waals surface area contributed by atoms with Crippen LogP contribution in [0.3, 0.4) is 0 Å². The van der Waals surface area contributed by atoms with Crippen molar-refractivity contribution >= 4 is 34.8 Å². The van der Waals surface area contributed by atoms with Crippen molar-refractivity contribution in [1.82, 2.24) is 5.43 Å². The highest BCUT2D eigenvalue weighted by Crippen LogP contribution is 2.27. The third-order valence-electron chi connectivity index (χ3n) is 3.22. The zero-order chi connectivity index (χ0) is 15.4. The Hall–Kier alpha value is -0.840. The molecule has 2 nitrogen and oxygen atoms in total. The number of halogens is 4. The number of hydrogen-bond donors (Lipinski definition) is 2. The smallest absolute Gasteiger partial charge is 0.124 e. The maximum atomic E-state index is 13.1. The van der Waals surface area contributed by atoms with Crippen molar-refractivity contribution in [3.05, 3.63) is 68.4 Å². The van der Waals surface area contributed by atoms with Crippen LogP contribution in [0.1, 0.15) is 11.1 Å². The van der Waals surface area contributed by atoms with Crippen LogP contribution in [0.2, 0.25) is 15.1 Å². The molecule has 0 radical (unpaired) electrons. The predicted octanol–water partition coefficient (Wildman–Crippen LogP) is 4.40. The third kappa shape index (κ3) is 4.31. The van der Waals surface area contributed by atoms with Gasteiger partial charge in [-0.3, -0.25) is 11.3 Å². The van der Waals surface area contributed by atoms with Crippen LogP contribution in [-0.4, -0.2) is 6.04 Å². The van der Waals surface area contributed by atoms with E-state index in [1.807, 2.05) is 12.1 Å². The van der Waals surface area contributed by atoms with E-state index in [0.717, 1.165) is 11.1 Å². The minimum Gasteiger partial charge on any atom is -0.271 e. The summed E-state index contributed by atoms with van der Waals surface area (Å²) in [6.45, 7) is 0. The largest absolute Gasteiger partial charge is 0.271 e. The van der Waals surface area contributed by atoms with Gasteiger partial charge in [-0.1, -0.05) is 53.0 Å². The third-order valence-corrected chi connectivity index (χ3v) is 4.42. The molecule has 0 fully saturated rings. The van der Waals surface area contributed by atoms with Gasteiger partial charge in [0.05, 0.1) is 10.0 Å². The van der Waals surface area contributed by atoms with Crippen LogP contribution in [0.4, 0.5) is 4.39 Å². The zero-order valence-corrected chi connectivity index (χ0v) is 13.3. The molecule has 0 aliphatic rings. The second kappa shape index (κ2) is 7.43. The topological polar surface area (TPSA) is 38.0 Å². The van der Waals surface area contributed by atoms with Crippen molar-refractivity contribution in [3.63, 3.8) is 0 Å². The van der Waals surface area contributed by atoms with Crippen LogP contribution in [0.25, 0.3) is 0 Å². The summed E-state index contributed by atoms with van der Waals surface area (Å²) in [5.41, 5.74) is 4.45. The highest BCUT2D eigenvalue weighted by atomic mass is 35.5. The van der Waals surface area contributed by atoms with Crippen molar-refractivity contribution in [2.24, 2.45) is 5.84 Å². The second-order valence-corrected chi connectivity index (χ2v) is 5.91. The molecule has 21 heavy (non-hydrogen) atoms. The van der Waals surface area contributed by atoms with Crippen molar-refractivity contribution in [2.75, 3.05) is 0 Å². The summed E-state index contributed by atoms with van der Waals surface area (Å²) in [7, 11) is 0. The van der Waals surface area contributed by atoms with Gasteiger partial charge in [0.15, 0.2) is 0 Å². The Morgan fingerprint density at radius 1 is 1.00 bits per heavy atom. The van der Waals surface area contributed by atoms with Crippen LogP contribution in [0, 0.1) is 5.82 Å². The quantitative estimate of drug-likeness (QED) is 0.621. The Morgan fingerprint density at radius 3 is 2.38 bits per heavy atom. The lowest BCUT2D eigenvalue weighted by Crippen LogP contribution is -2.38. The first-order chi connectivity index (χ1) is 10.0.